The van der Waals surface area contributed by atoms with E-state index in [1.165, 1.54) is 0 Å². The van der Waals surface area contributed by atoms with E-state index in [2.05, 4.69) is 32.6 Å². The van der Waals surface area contributed by atoms with E-state index in [-0.39, 0.29) is 5.41 Å². The quantitative estimate of drug-likeness (QED) is 0.586. The first-order valence-electron chi connectivity index (χ1n) is 6.49. The van der Waals surface area contributed by atoms with E-state index in [0.717, 1.165) is 0 Å². The number of rotatable bonds is 5. The third-order valence-electron chi connectivity index (χ3n) is 3.45. The van der Waals surface area contributed by atoms with E-state index in [1.807, 2.05) is 26.8 Å². The topological polar surface area (TPSA) is 40.5 Å². The minimum atomic E-state index is -1.16. The van der Waals surface area contributed by atoms with Crippen LogP contribution in [0.5, 0.6) is 0 Å². The van der Waals surface area contributed by atoms with E-state index >= 15 is 0 Å². The lowest BCUT2D eigenvalue weighted by molar-refractivity contribution is 0.0256. The highest BCUT2D eigenvalue weighted by Gasteiger charge is 2.24. The highest BCUT2D eigenvalue weighted by Crippen LogP contribution is 2.25. The fraction of sp³-hybridized carbons (Fsp3) is 0.857. The van der Waals surface area contributed by atoms with Crippen LogP contribution < -0.4 is 0 Å². The summed E-state index contributed by atoms with van der Waals surface area (Å²) in [7, 11) is -1.16. The van der Waals surface area contributed by atoms with Gasteiger partial charge in [-0.3, -0.25) is 0 Å². The van der Waals surface area contributed by atoms with Gasteiger partial charge in [0.2, 0.25) is 0 Å². The second-order valence-electron chi connectivity index (χ2n) is 7.22. The van der Waals surface area contributed by atoms with Crippen LogP contribution in [0.1, 0.15) is 34.1 Å². The Morgan fingerprint density at radius 1 is 1.06 bits per heavy atom. The van der Waals surface area contributed by atoms with Gasteiger partial charge in [0.1, 0.15) is 0 Å². The molecule has 2 N–H and O–H groups in total. The molecule has 3 heteroatoms. The molecule has 0 saturated carbocycles. The summed E-state index contributed by atoms with van der Waals surface area (Å²) in [4.78, 5) is 0. The molecule has 3 atom stereocenters. The van der Waals surface area contributed by atoms with Crippen LogP contribution in [-0.2, 0) is 0 Å². The summed E-state index contributed by atoms with van der Waals surface area (Å²) in [5.41, 5.74) is 0.378. The van der Waals surface area contributed by atoms with E-state index in [0.29, 0.717) is 12.0 Å². The van der Waals surface area contributed by atoms with Gasteiger partial charge >= 0.3 is 0 Å². The third-order valence-corrected chi connectivity index (χ3v) is 6.38. The lowest BCUT2D eigenvalue weighted by atomic mass is 9.86. The van der Waals surface area contributed by atoms with Crippen LogP contribution in [0.3, 0.4) is 0 Å². The second kappa shape index (κ2) is 6.16. The van der Waals surface area contributed by atoms with Crippen molar-refractivity contribution in [3.05, 3.63) is 12.2 Å². The normalized spacial score (nSPS) is 19.4. The van der Waals surface area contributed by atoms with Gasteiger partial charge in [-0.1, -0.05) is 59.5 Å². The van der Waals surface area contributed by atoms with E-state index < -0.39 is 20.3 Å². The molecule has 0 unspecified atom stereocenters. The van der Waals surface area contributed by atoms with Crippen molar-refractivity contribution < 1.29 is 10.2 Å². The molecule has 17 heavy (non-hydrogen) atoms. The number of aliphatic hydroxyl groups excluding tert-OH is 2. The molecule has 0 radical (unpaired) electrons. The second-order valence-corrected chi connectivity index (χ2v) is 12.9. The minimum absolute atomic E-state index is 0.167. The van der Waals surface area contributed by atoms with Gasteiger partial charge in [-0.15, -0.1) is 0 Å². The van der Waals surface area contributed by atoms with Crippen molar-refractivity contribution in [3.63, 3.8) is 0 Å². The maximum absolute atomic E-state index is 9.90. The van der Waals surface area contributed by atoms with Crippen LogP contribution in [0.25, 0.3) is 0 Å². The van der Waals surface area contributed by atoms with E-state index in [1.54, 1.807) is 0 Å². The molecule has 0 aromatic carbocycles. The van der Waals surface area contributed by atoms with Gasteiger partial charge in [-0.25, -0.2) is 0 Å². The molecule has 2 nitrogen and oxygen atoms in total. The van der Waals surface area contributed by atoms with Crippen LogP contribution in [0, 0.1) is 5.41 Å². The third kappa shape index (κ3) is 7.01. The first-order valence-corrected chi connectivity index (χ1v) is 10.1. The van der Waals surface area contributed by atoms with Gasteiger partial charge in [-0.05, 0) is 11.0 Å². The summed E-state index contributed by atoms with van der Waals surface area (Å²) in [5.74, 6) is 0. The summed E-state index contributed by atoms with van der Waals surface area (Å²) in [6, 6.07) is 0. The largest absolute Gasteiger partial charge is 0.392 e. The summed E-state index contributed by atoms with van der Waals surface area (Å²) in [5, 5.41) is 19.8. The predicted octanol–water partition coefficient (Wildman–Crippen LogP) is 3.43. The number of allylic oxidation sites excluding steroid dienone is 1. The first kappa shape index (κ1) is 16.9. The average molecular weight is 258 g/mol. The number of aliphatic hydroxyl groups is 2. The summed E-state index contributed by atoms with van der Waals surface area (Å²) in [6.45, 7) is 15.1. The van der Waals surface area contributed by atoms with Gasteiger partial charge in [-0.2, -0.15) is 0 Å². The Hall–Kier alpha value is -0.123. The molecule has 0 rings (SSSR count). The zero-order chi connectivity index (χ0) is 13.9. The molecule has 0 heterocycles. The molecule has 0 aliphatic heterocycles. The van der Waals surface area contributed by atoms with E-state index in [4.69, 9.17) is 0 Å². The summed E-state index contributed by atoms with van der Waals surface area (Å²) in [6.07, 6.45) is 3.36. The van der Waals surface area contributed by atoms with Crippen molar-refractivity contribution in [1.29, 1.82) is 0 Å². The molecule has 0 aromatic heterocycles. The van der Waals surface area contributed by atoms with Crippen LogP contribution in [0.2, 0.25) is 25.2 Å². The Morgan fingerprint density at radius 2 is 1.53 bits per heavy atom. The van der Waals surface area contributed by atoms with Crippen LogP contribution in [0.15, 0.2) is 12.2 Å². The fourth-order valence-corrected chi connectivity index (χ4v) is 1.93. The monoisotopic (exact) mass is 258 g/mol. The molecule has 102 valence electrons. The van der Waals surface area contributed by atoms with Crippen molar-refractivity contribution in [2.75, 3.05) is 0 Å². The van der Waals surface area contributed by atoms with Crippen molar-refractivity contribution in [2.45, 2.75) is 71.5 Å². The molecular weight excluding hydrogens is 228 g/mol. The van der Waals surface area contributed by atoms with Crippen molar-refractivity contribution in [3.8, 4) is 0 Å². The summed E-state index contributed by atoms with van der Waals surface area (Å²) < 4.78 is 0. The Kier molecular flexibility index (Phi) is 6.12. The van der Waals surface area contributed by atoms with Gasteiger partial charge < -0.3 is 10.2 Å². The minimum Gasteiger partial charge on any atom is -0.392 e. The molecule has 0 aromatic rings. The Bertz CT molecular complexity index is 248. The Morgan fingerprint density at radius 3 is 1.88 bits per heavy atom. The van der Waals surface area contributed by atoms with Crippen LogP contribution >= 0.6 is 0 Å². The lowest BCUT2D eigenvalue weighted by Crippen LogP contribution is -2.30. The van der Waals surface area contributed by atoms with E-state index in [9.17, 15) is 10.2 Å². The van der Waals surface area contributed by atoms with Crippen molar-refractivity contribution >= 4 is 8.07 Å². The predicted molar refractivity (Wildman–Crippen MR) is 78.0 cm³/mol. The molecule has 0 fully saturated rings. The molecule has 0 bridgehead atoms. The van der Waals surface area contributed by atoms with Gasteiger partial charge in [0.05, 0.1) is 20.3 Å². The molecule has 0 spiro atoms. The molecule has 0 aliphatic carbocycles. The maximum atomic E-state index is 9.90. The molecular formula is C14H30O2Si. The Balaban J connectivity index is 4.28. The maximum Gasteiger partial charge on any atom is 0.0745 e. The summed E-state index contributed by atoms with van der Waals surface area (Å²) >= 11 is 0. The molecule has 0 amide bonds. The first-order chi connectivity index (χ1) is 7.44. The Labute approximate surface area is 108 Å². The van der Waals surface area contributed by atoms with Gasteiger partial charge in [0, 0.05) is 6.42 Å². The van der Waals surface area contributed by atoms with Gasteiger partial charge in [0.25, 0.3) is 0 Å². The number of hydrogen-bond donors (Lipinski definition) is 2. The highest BCUT2D eigenvalue weighted by molar-refractivity contribution is 6.77. The zero-order valence-corrected chi connectivity index (χ0v) is 13.5. The number of hydrogen-bond acceptors (Lipinski definition) is 2. The lowest BCUT2D eigenvalue weighted by Gasteiger charge is -2.27. The molecule has 0 aliphatic rings. The van der Waals surface area contributed by atoms with Crippen LogP contribution in [0.4, 0.5) is 0 Å². The standard InChI is InChI=1S/C14H30O2Si/c1-11(17(5,6)7)8-9-12(15)10-13(16)14(2,3)4/h8-9,11-13,15-16H,10H2,1-7H3/b9-8-/t11-,12+,13-/m0/s1. The SMILES string of the molecule is C[C@@H](/C=C\[C@@H](O)C[C@H](O)C(C)(C)C)[Si](C)(C)C. The zero-order valence-electron chi connectivity index (χ0n) is 12.5. The highest BCUT2D eigenvalue weighted by atomic mass is 28.3. The average Bonchev–Trinajstić information content (AvgIpc) is 2.10. The van der Waals surface area contributed by atoms with Crippen molar-refractivity contribution in [2.24, 2.45) is 5.41 Å². The molecule has 0 saturated heterocycles. The smallest absolute Gasteiger partial charge is 0.0745 e. The van der Waals surface area contributed by atoms with Gasteiger partial charge in [0.15, 0.2) is 0 Å². The fourth-order valence-electron chi connectivity index (χ4n) is 1.24. The van der Waals surface area contributed by atoms with Crippen LogP contribution in [-0.4, -0.2) is 30.5 Å². The van der Waals surface area contributed by atoms with Crippen molar-refractivity contribution in [1.82, 2.24) is 0 Å².